The number of rotatable bonds is 2. The number of urea groups is 1. The molecule has 7 heteroatoms. The Hall–Kier alpha value is -1.45. The molecule has 0 spiro atoms. The molecule has 90 valence electrons. The quantitative estimate of drug-likeness (QED) is 0.790. The summed E-state index contributed by atoms with van der Waals surface area (Å²) in [4.78, 5) is 12.6. The molecule has 2 atom stereocenters. The van der Waals surface area contributed by atoms with Crippen molar-refractivity contribution in [1.29, 1.82) is 5.26 Å². The molecular formula is C9H12F3N3O. The van der Waals surface area contributed by atoms with E-state index < -0.39 is 18.2 Å². The van der Waals surface area contributed by atoms with E-state index in [4.69, 9.17) is 5.26 Å². The third-order valence-corrected chi connectivity index (χ3v) is 2.56. The number of carbonyl (C=O) groups excluding carboxylic acids is 1. The predicted octanol–water partition coefficient (Wildman–Crippen LogP) is 1.63. The number of hydrogen-bond donors (Lipinski definition) is 1. The van der Waals surface area contributed by atoms with Gasteiger partial charge in [-0.15, -0.1) is 0 Å². The molecule has 2 unspecified atom stereocenters. The Kier molecular flexibility index (Phi) is 3.62. The molecule has 1 aliphatic rings. The summed E-state index contributed by atoms with van der Waals surface area (Å²) in [6.45, 7) is 1.29. The maximum absolute atomic E-state index is 12.2. The minimum absolute atomic E-state index is 0.161. The van der Waals surface area contributed by atoms with Crippen molar-refractivity contribution in [3.8, 4) is 6.07 Å². The Labute approximate surface area is 91.0 Å². The number of nitrogens with one attached hydrogen (secondary N) is 1. The Morgan fingerprint density at radius 2 is 2.31 bits per heavy atom. The van der Waals surface area contributed by atoms with E-state index in [9.17, 15) is 18.0 Å². The highest BCUT2D eigenvalue weighted by Gasteiger charge is 2.40. The summed E-state index contributed by atoms with van der Waals surface area (Å²) in [5, 5.41) is 10.3. The molecule has 1 aliphatic heterocycles. The zero-order valence-corrected chi connectivity index (χ0v) is 8.71. The standard InChI is InChI=1S/C9H12F3N3O/c1-6(9(10,11)12)14-8(16)15-5-3-7(15)2-4-13/h6-7H,2-3,5H2,1H3,(H,14,16). The average molecular weight is 235 g/mol. The van der Waals surface area contributed by atoms with Crippen LogP contribution in [0.1, 0.15) is 19.8 Å². The van der Waals surface area contributed by atoms with Crippen molar-refractivity contribution in [2.75, 3.05) is 6.54 Å². The van der Waals surface area contributed by atoms with Gasteiger partial charge in [-0.2, -0.15) is 18.4 Å². The Morgan fingerprint density at radius 3 is 2.69 bits per heavy atom. The van der Waals surface area contributed by atoms with Crippen LogP contribution in [0.5, 0.6) is 0 Å². The van der Waals surface area contributed by atoms with Gasteiger partial charge < -0.3 is 10.2 Å². The largest absolute Gasteiger partial charge is 0.408 e. The molecule has 16 heavy (non-hydrogen) atoms. The van der Waals surface area contributed by atoms with Gasteiger partial charge in [0.05, 0.1) is 12.5 Å². The highest BCUT2D eigenvalue weighted by molar-refractivity contribution is 5.75. The fourth-order valence-electron chi connectivity index (χ4n) is 1.38. The predicted molar refractivity (Wildman–Crippen MR) is 49.4 cm³/mol. The number of nitriles is 1. The van der Waals surface area contributed by atoms with Crippen molar-refractivity contribution in [1.82, 2.24) is 10.2 Å². The van der Waals surface area contributed by atoms with Crippen molar-refractivity contribution in [3.63, 3.8) is 0 Å². The number of nitrogens with zero attached hydrogens (tertiary/aromatic N) is 2. The van der Waals surface area contributed by atoms with Crippen molar-refractivity contribution in [3.05, 3.63) is 0 Å². The first-order valence-corrected chi connectivity index (χ1v) is 4.87. The average Bonchev–Trinajstić information content (AvgIpc) is 2.10. The first kappa shape index (κ1) is 12.6. The van der Waals surface area contributed by atoms with E-state index in [2.05, 4.69) is 0 Å². The number of likely N-dealkylation sites (tertiary alicyclic amines) is 1. The fourth-order valence-corrected chi connectivity index (χ4v) is 1.38. The van der Waals surface area contributed by atoms with Gasteiger partial charge in [-0.25, -0.2) is 4.79 Å². The lowest BCUT2D eigenvalue weighted by Gasteiger charge is -2.40. The molecule has 1 fully saturated rings. The molecule has 0 aromatic heterocycles. The van der Waals surface area contributed by atoms with Crippen LogP contribution in [0, 0.1) is 11.3 Å². The van der Waals surface area contributed by atoms with Crippen LogP contribution in [0.3, 0.4) is 0 Å². The van der Waals surface area contributed by atoms with E-state index >= 15 is 0 Å². The van der Waals surface area contributed by atoms with Gasteiger partial charge in [-0.05, 0) is 13.3 Å². The van der Waals surface area contributed by atoms with Crippen LogP contribution in [-0.2, 0) is 0 Å². The third-order valence-electron chi connectivity index (χ3n) is 2.56. The van der Waals surface area contributed by atoms with Crippen molar-refractivity contribution < 1.29 is 18.0 Å². The van der Waals surface area contributed by atoms with Gasteiger partial charge in [0, 0.05) is 12.6 Å². The normalized spacial score (nSPS) is 21.9. The van der Waals surface area contributed by atoms with Gasteiger partial charge >= 0.3 is 12.2 Å². The zero-order chi connectivity index (χ0) is 12.3. The maximum Gasteiger partial charge on any atom is 0.408 e. The summed E-state index contributed by atoms with van der Waals surface area (Å²) in [6.07, 6.45) is -3.61. The van der Waals surface area contributed by atoms with Crippen molar-refractivity contribution in [2.24, 2.45) is 0 Å². The Morgan fingerprint density at radius 1 is 1.69 bits per heavy atom. The molecule has 0 radical (unpaired) electrons. The van der Waals surface area contributed by atoms with Crippen LogP contribution < -0.4 is 5.32 Å². The number of hydrogen-bond acceptors (Lipinski definition) is 2. The summed E-state index contributed by atoms with van der Waals surface area (Å²) in [7, 11) is 0. The molecule has 1 N–H and O–H groups in total. The van der Waals surface area contributed by atoms with Gasteiger partial charge in [0.1, 0.15) is 6.04 Å². The minimum Gasteiger partial charge on any atom is -0.326 e. The number of halogens is 3. The van der Waals surface area contributed by atoms with Crippen LogP contribution in [-0.4, -0.2) is 35.7 Å². The Balaban J connectivity index is 2.45. The molecule has 0 aromatic rings. The van der Waals surface area contributed by atoms with E-state index in [-0.39, 0.29) is 12.5 Å². The highest BCUT2D eigenvalue weighted by atomic mass is 19.4. The molecule has 1 heterocycles. The Bertz CT molecular complexity index is 310. The van der Waals surface area contributed by atoms with Crippen LogP contribution in [0.15, 0.2) is 0 Å². The van der Waals surface area contributed by atoms with E-state index in [1.54, 1.807) is 0 Å². The summed E-state index contributed by atoms with van der Waals surface area (Å²) in [5.74, 6) is 0. The topological polar surface area (TPSA) is 56.1 Å². The second-order valence-electron chi connectivity index (χ2n) is 3.71. The van der Waals surface area contributed by atoms with Crippen LogP contribution >= 0.6 is 0 Å². The van der Waals surface area contributed by atoms with E-state index in [0.717, 1.165) is 6.92 Å². The molecule has 2 amide bonds. The molecule has 0 aromatic carbocycles. The molecule has 1 rings (SSSR count). The monoisotopic (exact) mass is 235 g/mol. The molecule has 1 saturated heterocycles. The van der Waals surface area contributed by atoms with Gasteiger partial charge in [-0.3, -0.25) is 0 Å². The van der Waals surface area contributed by atoms with Crippen LogP contribution in [0.2, 0.25) is 0 Å². The molecule has 0 saturated carbocycles. The lowest BCUT2D eigenvalue weighted by Crippen LogP contribution is -2.57. The highest BCUT2D eigenvalue weighted by Crippen LogP contribution is 2.23. The molecular weight excluding hydrogens is 223 g/mol. The van der Waals surface area contributed by atoms with Crippen LogP contribution in [0.25, 0.3) is 0 Å². The lowest BCUT2D eigenvalue weighted by molar-refractivity contribution is -0.149. The number of carbonyl (C=O) groups is 1. The van der Waals surface area contributed by atoms with Gasteiger partial charge in [-0.1, -0.05) is 0 Å². The summed E-state index contributed by atoms with van der Waals surface area (Å²) in [5.41, 5.74) is 0. The van der Waals surface area contributed by atoms with E-state index in [0.29, 0.717) is 13.0 Å². The minimum atomic E-state index is -4.44. The van der Waals surface area contributed by atoms with Gasteiger partial charge in [0.15, 0.2) is 0 Å². The second-order valence-corrected chi connectivity index (χ2v) is 3.71. The van der Waals surface area contributed by atoms with E-state index in [1.807, 2.05) is 11.4 Å². The number of amides is 2. The zero-order valence-electron chi connectivity index (χ0n) is 8.71. The molecule has 4 nitrogen and oxygen atoms in total. The maximum atomic E-state index is 12.2. The van der Waals surface area contributed by atoms with Crippen LogP contribution in [0.4, 0.5) is 18.0 Å². The number of alkyl halides is 3. The van der Waals surface area contributed by atoms with Crippen molar-refractivity contribution >= 4 is 6.03 Å². The van der Waals surface area contributed by atoms with Gasteiger partial charge in [0.2, 0.25) is 0 Å². The first-order chi connectivity index (χ1) is 7.36. The summed E-state index contributed by atoms with van der Waals surface area (Å²) in [6, 6.07) is -0.976. The first-order valence-electron chi connectivity index (χ1n) is 4.87. The molecule has 0 bridgehead atoms. The van der Waals surface area contributed by atoms with Gasteiger partial charge in [0.25, 0.3) is 0 Å². The second kappa shape index (κ2) is 4.60. The smallest absolute Gasteiger partial charge is 0.326 e. The lowest BCUT2D eigenvalue weighted by atomic mass is 10.0. The van der Waals surface area contributed by atoms with Crippen molar-refractivity contribution in [2.45, 2.75) is 38.0 Å². The SMILES string of the molecule is CC(NC(=O)N1CCC1CC#N)C(F)(F)F. The summed E-state index contributed by atoms with van der Waals surface area (Å²) < 4.78 is 36.5. The van der Waals surface area contributed by atoms with E-state index in [1.165, 1.54) is 4.90 Å². The molecule has 0 aliphatic carbocycles. The summed E-state index contributed by atoms with van der Waals surface area (Å²) >= 11 is 0. The fraction of sp³-hybridized carbons (Fsp3) is 0.778. The third kappa shape index (κ3) is 2.78.